The van der Waals surface area contributed by atoms with Crippen LogP contribution in [-0.2, 0) is 18.3 Å². The van der Waals surface area contributed by atoms with Crippen molar-refractivity contribution in [3.8, 4) is 0 Å². The van der Waals surface area contributed by atoms with Crippen LogP contribution < -0.4 is 5.73 Å². The molecule has 0 spiro atoms. The molecule has 1 heterocycles. The predicted molar refractivity (Wildman–Crippen MR) is 87.8 cm³/mol. The van der Waals surface area contributed by atoms with Gasteiger partial charge in [-0.3, -0.25) is 4.68 Å². The number of anilines is 1. The third kappa shape index (κ3) is 3.44. The largest absolute Gasteiger partial charge is 0.444 e. The van der Waals surface area contributed by atoms with Crippen LogP contribution in [0.15, 0.2) is 12.3 Å². The maximum Gasteiger partial charge on any atom is 0.410 e. The fourth-order valence-electron chi connectivity index (χ4n) is 2.14. The van der Waals surface area contributed by atoms with Gasteiger partial charge in [-0.2, -0.15) is 5.10 Å². The van der Waals surface area contributed by atoms with E-state index in [0.717, 1.165) is 16.5 Å². The molecule has 22 heavy (non-hydrogen) atoms. The topological polar surface area (TPSA) is 73.4 Å². The van der Waals surface area contributed by atoms with Crippen molar-refractivity contribution in [1.82, 2.24) is 14.7 Å². The Labute approximate surface area is 134 Å². The second kappa shape index (κ2) is 5.68. The Bertz CT molecular complexity index is 718. The van der Waals surface area contributed by atoms with E-state index in [0.29, 0.717) is 17.3 Å². The number of benzene rings is 1. The van der Waals surface area contributed by atoms with Crippen LogP contribution in [0.3, 0.4) is 0 Å². The summed E-state index contributed by atoms with van der Waals surface area (Å²) in [4.78, 5) is 13.6. The fraction of sp³-hybridized carbons (Fsp3) is 0.467. The molecular formula is C15H21ClN4O2. The number of nitrogens with two attached hydrogens (primary N) is 1. The number of hydrogen-bond acceptors (Lipinski definition) is 4. The summed E-state index contributed by atoms with van der Waals surface area (Å²) >= 11 is 6.16. The Morgan fingerprint density at radius 3 is 2.73 bits per heavy atom. The molecule has 6 nitrogen and oxygen atoms in total. The van der Waals surface area contributed by atoms with Gasteiger partial charge in [0.2, 0.25) is 0 Å². The highest BCUT2D eigenvalue weighted by atomic mass is 35.5. The summed E-state index contributed by atoms with van der Waals surface area (Å²) in [5, 5.41) is 5.63. The van der Waals surface area contributed by atoms with Crippen LogP contribution in [0, 0.1) is 0 Å². The van der Waals surface area contributed by atoms with Crippen LogP contribution >= 0.6 is 11.6 Å². The average molecular weight is 325 g/mol. The molecule has 0 bridgehead atoms. The lowest BCUT2D eigenvalue weighted by molar-refractivity contribution is 0.0286. The Morgan fingerprint density at radius 1 is 1.50 bits per heavy atom. The first-order valence-corrected chi connectivity index (χ1v) is 7.30. The van der Waals surface area contributed by atoms with E-state index in [-0.39, 0.29) is 0 Å². The smallest absolute Gasteiger partial charge is 0.410 e. The number of aromatic nitrogens is 2. The molecular weight excluding hydrogens is 304 g/mol. The third-order valence-corrected chi connectivity index (χ3v) is 3.44. The Kier molecular flexibility index (Phi) is 4.24. The standard InChI is InChI=1S/C15H21ClN4O2/c1-15(2,3)22-14(21)19(4)7-10-9-8-20(5)18-12(9)6-11(16)13(10)17/h6,8H,7,17H2,1-5H3. The van der Waals surface area contributed by atoms with Crippen molar-refractivity contribution in [1.29, 1.82) is 0 Å². The van der Waals surface area contributed by atoms with Gasteiger partial charge in [-0.05, 0) is 26.8 Å². The molecule has 2 rings (SSSR count). The summed E-state index contributed by atoms with van der Waals surface area (Å²) in [5.74, 6) is 0. The lowest BCUT2D eigenvalue weighted by Gasteiger charge is -2.25. The Hall–Kier alpha value is -1.95. The Morgan fingerprint density at radius 2 is 2.14 bits per heavy atom. The molecule has 0 aliphatic carbocycles. The molecule has 1 aromatic heterocycles. The van der Waals surface area contributed by atoms with E-state index in [1.807, 2.05) is 34.0 Å². The number of ether oxygens (including phenoxy) is 1. The zero-order valence-corrected chi connectivity index (χ0v) is 14.2. The van der Waals surface area contributed by atoms with E-state index in [9.17, 15) is 4.79 Å². The van der Waals surface area contributed by atoms with Crippen molar-refractivity contribution < 1.29 is 9.53 Å². The summed E-state index contributed by atoms with van der Waals surface area (Å²) in [6.45, 7) is 5.77. The number of nitrogen functional groups attached to an aromatic ring is 1. The summed E-state index contributed by atoms with van der Waals surface area (Å²) < 4.78 is 7.04. The van der Waals surface area contributed by atoms with Crippen LogP contribution in [0.4, 0.5) is 10.5 Å². The lowest BCUT2D eigenvalue weighted by atomic mass is 10.1. The summed E-state index contributed by atoms with van der Waals surface area (Å²) in [6.07, 6.45) is 1.45. The summed E-state index contributed by atoms with van der Waals surface area (Å²) in [7, 11) is 3.49. The van der Waals surface area contributed by atoms with Crippen molar-refractivity contribution in [2.45, 2.75) is 32.9 Å². The highest BCUT2D eigenvalue weighted by Crippen LogP contribution is 2.31. The van der Waals surface area contributed by atoms with Gasteiger partial charge in [0.1, 0.15) is 5.60 Å². The van der Waals surface area contributed by atoms with E-state index in [2.05, 4.69) is 5.10 Å². The quantitative estimate of drug-likeness (QED) is 0.861. The zero-order chi connectivity index (χ0) is 16.7. The minimum absolute atomic E-state index is 0.295. The van der Waals surface area contributed by atoms with Crippen molar-refractivity contribution in [3.63, 3.8) is 0 Å². The summed E-state index contributed by atoms with van der Waals surface area (Å²) in [5.41, 5.74) is 7.51. The number of carbonyl (C=O) groups excluding carboxylic acids is 1. The van der Waals surface area contributed by atoms with Crippen LogP contribution in [-0.4, -0.2) is 33.4 Å². The maximum atomic E-state index is 12.1. The molecule has 2 N–H and O–H groups in total. The molecule has 1 aromatic carbocycles. The number of rotatable bonds is 2. The molecule has 0 aliphatic rings. The highest BCUT2D eigenvalue weighted by Gasteiger charge is 2.22. The van der Waals surface area contributed by atoms with E-state index in [1.54, 1.807) is 17.8 Å². The highest BCUT2D eigenvalue weighted by molar-refractivity contribution is 6.34. The van der Waals surface area contributed by atoms with Gasteiger partial charge < -0.3 is 15.4 Å². The van der Waals surface area contributed by atoms with Gasteiger partial charge in [-0.15, -0.1) is 0 Å². The number of carbonyl (C=O) groups is 1. The SMILES string of the molecule is CN(Cc1c(N)c(Cl)cc2nn(C)cc12)C(=O)OC(C)(C)C. The van der Waals surface area contributed by atoms with Crippen molar-refractivity contribution in [2.75, 3.05) is 12.8 Å². The van der Waals surface area contributed by atoms with Gasteiger partial charge in [0.05, 0.1) is 22.8 Å². The third-order valence-electron chi connectivity index (χ3n) is 3.13. The van der Waals surface area contributed by atoms with Crippen molar-refractivity contribution >= 4 is 34.3 Å². The average Bonchev–Trinajstić information content (AvgIpc) is 2.72. The zero-order valence-electron chi connectivity index (χ0n) is 13.5. The number of hydrogen-bond donors (Lipinski definition) is 1. The van der Waals surface area contributed by atoms with E-state index < -0.39 is 11.7 Å². The van der Waals surface area contributed by atoms with Crippen LogP contribution in [0.25, 0.3) is 10.9 Å². The molecule has 0 aliphatic heterocycles. The minimum atomic E-state index is -0.547. The van der Waals surface area contributed by atoms with E-state index in [1.165, 1.54) is 4.90 Å². The van der Waals surface area contributed by atoms with Crippen LogP contribution in [0.1, 0.15) is 26.3 Å². The number of amides is 1. The second-order valence-corrected chi connectivity index (χ2v) is 6.73. The summed E-state index contributed by atoms with van der Waals surface area (Å²) in [6, 6.07) is 1.73. The monoisotopic (exact) mass is 324 g/mol. The van der Waals surface area contributed by atoms with Crippen molar-refractivity contribution in [3.05, 3.63) is 22.8 Å². The molecule has 1 amide bonds. The molecule has 2 aromatic rings. The first-order chi connectivity index (χ1) is 10.1. The first kappa shape index (κ1) is 16.4. The lowest BCUT2D eigenvalue weighted by Crippen LogP contribution is -2.34. The van der Waals surface area contributed by atoms with Gasteiger partial charge in [0.25, 0.3) is 0 Å². The predicted octanol–water partition coefficient (Wildman–Crippen LogP) is 3.18. The molecule has 0 radical (unpaired) electrons. The first-order valence-electron chi connectivity index (χ1n) is 6.93. The van der Waals surface area contributed by atoms with Gasteiger partial charge in [0.15, 0.2) is 0 Å². The number of aryl methyl sites for hydroxylation is 1. The number of halogens is 1. The number of nitrogens with zero attached hydrogens (tertiary/aromatic N) is 3. The fourth-order valence-corrected chi connectivity index (χ4v) is 2.36. The second-order valence-electron chi connectivity index (χ2n) is 6.32. The van der Waals surface area contributed by atoms with Gasteiger partial charge in [0, 0.05) is 31.2 Å². The van der Waals surface area contributed by atoms with Gasteiger partial charge in [-0.25, -0.2) is 4.79 Å². The minimum Gasteiger partial charge on any atom is -0.444 e. The van der Waals surface area contributed by atoms with Gasteiger partial charge in [-0.1, -0.05) is 11.6 Å². The molecule has 7 heteroatoms. The molecule has 0 unspecified atom stereocenters. The van der Waals surface area contributed by atoms with Crippen LogP contribution in [0.5, 0.6) is 0 Å². The van der Waals surface area contributed by atoms with Gasteiger partial charge >= 0.3 is 6.09 Å². The van der Waals surface area contributed by atoms with Crippen molar-refractivity contribution in [2.24, 2.45) is 7.05 Å². The Balaban J connectivity index is 2.34. The molecule has 0 saturated heterocycles. The maximum absolute atomic E-state index is 12.1. The molecule has 0 atom stereocenters. The molecule has 0 fully saturated rings. The molecule has 0 saturated carbocycles. The number of fused-ring (bicyclic) bond motifs is 1. The van der Waals surface area contributed by atoms with E-state index >= 15 is 0 Å². The van der Waals surface area contributed by atoms with Crippen LogP contribution in [0.2, 0.25) is 5.02 Å². The molecule has 120 valence electrons. The van der Waals surface area contributed by atoms with E-state index in [4.69, 9.17) is 22.1 Å². The normalized spacial score (nSPS) is 11.7.